The lowest BCUT2D eigenvalue weighted by atomic mass is 10.0. The fourth-order valence-corrected chi connectivity index (χ4v) is 1.99. The van der Waals surface area contributed by atoms with Gasteiger partial charge in [-0.3, -0.25) is 10.1 Å². The van der Waals surface area contributed by atoms with Crippen molar-refractivity contribution in [2.75, 3.05) is 6.61 Å². The normalized spacial score (nSPS) is 12.3. The van der Waals surface area contributed by atoms with Gasteiger partial charge in [-0.05, 0) is 41.7 Å². The molecule has 0 saturated heterocycles. The van der Waals surface area contributed by atoms with E-state index in [9.17, 15) is 10.1 Å². The van der Waals surface area contributed by atoms with Crippen molar-refractivity contribution in [3.05, 3.63) is 52.3 Å². The van der Waals surface area contributed by atoms with E-state index in [1.54, 1.807) is 12.1 Å². The minimum atomic E-state index is -0.407. The van der Waals surface area contributed by atoms with Crippen LogP contribution in [0.4, 0.5) is 5.69 Å². The van der Waals surface area contributed by atoms with E-state index in [-0.39, 0.29) is 18.2 Å². The van der Waals surface area contributed by atoms with Crippen LogP contribution in [0.15, 0.2) is 36.5 Å². The third-order valence-corrected chi connectivity index (χ3v) is 3.21. The molecule has 0 bridgehead atoms. The lowest BCUT2D eigenvalue weighted by Gasteiger charge is -2.06. The number of hydrogen-bond donors (Lipinski definition) is 2. The summed E-state index contributed by atoms with van der Waals surface area (Å²) >= 11 is 0. The summed E-state index contributed by atoms with van der Waals surface area (Å²) in [5, 5.41) is 19.5. The van der Waals surface area contributed by atoms with Gasteiger partial charge >= 0.3 is 0 Å². The summed E-state index contributed by atoms with van der Waals surface area (Å²) in [6, 6.07) is 8.49. The summed E-state index contributed by atoms with van der Waals surface area (Å²) in [7, 11) is 0. The Morgan fingerprint density at radius 2 is 2.00 bits per heavy atom. The number of nitrogens with zero attached hydrogens (tertiary/aromatic N) is 1. The molecule has 2 N–H and O–H groups in total. The topological polar surface area (TPSA) is 79.2 Å². The van der Waals surface area contributed by atoms with Gasteiger partial charge in [-0.25, -0.2) is 0 Å². The Hall–Kier alpha value is -2.14. The van der Waals surface area contributed by atoms with Crippen molar-refractivity contribution < 1.29 is 10.0 Å². The maximum absolute atomic E-state index is 10.6. The van der Waals surface area contributed by atoms with Gasteiger partial charge in [0, 0.05) is 30.6 Å². The maximum Gasteiger partial charge on any atom is 0.269 e. The summed E-state index contributed by atoms with van der Waals surface area (Å²) in [6.07, 6.45) is 2.59. The van der Waals surface area contributed by atoms with Gasteiger partial charge < -0.3 is 10.1 Å². The third kappa shape index (κ3) is 3.00. The number of hydrogen-bond acceptors (Lipinski definition) is 3. The molecule has 0 aliphatic heterocycles. The Kier molecular flexibility index (Phi) is 3.97. The first-order chi connectivity index (χ1) is 9.11. The van der Waals surface area contributed by atoms with Gasteiger partial charge in [0.1, 0.15) is 0 Å². The first kappa shape index (κ1) is 13.3. The average molecular weight is 260 g/mol. The van der Waals surface area contributed by atoms with Crippen LogP contribution in [0.5, 0.6) is 0 Å². The minimum Gasteiger partial charge on any atom is -0.396 e. The molecule has 100 valence electrons. The molecular formula is C14H16N2O3. The summed E-state index contributed by atoms with van der Waals surface area (Å²) in [5.74, 6) is 0.261. The molecule has 2 aromatic rings. The van der Waals surface area contributed by atoms with Crippen LogP contribution in [0.2, 0.25) is 0 Å². The minimum absolute atomic E-state index is 0.0909. The molecule has 5 heteroatoms. The predicted octanol–water partition coefficient (Wildman–Crippen LogP) is 3.08. The second-order valence-electron chi connectivity index (χ2n) is 4.56. The fraction of sp³-hybridized carbons (Fsp3) is 0.286. The Bertz CT molecular complexity index is 560. The molecule has 0 aliphatic carbocycles. The molecule has 0 fully saturated rings. The highest BCUT2D eigenvalue weighted by Crippen LogP contribution is 2.26. The van der Waals surface area contributed by atoms with Crippen LogP contribution in [0.1, 0.15) is 25.0 Å². The van der Waals surface area contributed by atoms with E-state index in [0.29, 0.717) is 6.42 Å². The number of aromatic amines is 1. The van der Waals surface area contributed by atoms with E-state index < -0.39 is 4.92 Å². The molecule has 0 saturated carbocycles. The van der Waals surface area contributed by atoms with Gasteiger partial charge in [0.15, 0.2) is 0 Å². The van der Waals surface area contributed by atoms with Gasteiger partial charge in [0.2, 0.25) is 0 Å². The third-order valence-electron chi connectivity index (χ3n) is 3.21. The van der Waals surface area contributed by atoms with Crippen molar-refractivity contribution in [1.82, 2.24) is 4.98 Å². The zero-order valence-electron chi connectivity index (χ0n) is 10.7. The molecule has 5 nitrogen and oxygen atoms in total. The number of non-ortho nitro benzene ring substituents is 1. The van der Waals surface area contributed by atoms with E-state index in [1.807, 2.05) is 19.2 Å². The highest BCUT2D eigenvalue weighted by molar-refractivity contribution is 5.65. The van der Waals surface area contributed by atoms with Gasteiger partial charge in [-0.1, -0.05) is 6.92 Å². The van der Waals surface area contributed by atoms with Crippen LogP contribution in [0, 0.1) is 10.1 Å². The zero-order chi connectivity index (χ0) is 13.8. The number of aliphatic hydroxyl groups is 1. The molecule has 0 radical (unpaired) electrons. The SMILES string of the molecule is CC(CCO)c1cc(-c2ccc([N+](=O)[O-])cc2)c[nH]1. The van der Waals surface area contributed by atoms with E-state index >= 15 is 0 Å². The van der Waals surface area contributed by atoms with E-state index in [1.165, 1.54) is 12.1 Å². The van der Waals surface area contributed by atoms with Crippen molar-refractivity contribution >= 4 is 5.69 Å². The van der Waals surface area contributed by atoms with Gasteiger partial charge in [0.05, 0.1) is 4.92 Å². The Labute approximate surface area is 111 Å². The monoisotopic (exact) mass is 260 g/mol. The number of H-pyrrole nitrogens is 1. The number of aliphatic hydroxyl groups excluding tert-OH is 1. The molecule has 0 amide bonds. The number of aromatic nitrogens is 1. The van der Waals surface area contributed by atoms with Gasteiger partial charge in [0.25, 0.3) is 5.69 Å². The number of rotatable bonds is 5. The largest absolute Gasteiger partial charge is 0.396 e. The molecule has 19 heavy (non-hydrogen) atoms. The molecule has 2 rings (SSSR count). The molecule has 1 aromatic carbocycles. The zero-order valence-corrected chi connectivity index (χ0v) is 10.7. The second-order valence-corrected chi connectivity index (χ2v) is 4.56. The number of benzene rings is 1. The summed E-state index contributed by atoms with van der Waals surface area (Å²) < 4.78 is 0. The van der Waals surface area contributed by atoms with E-state index in [4.69, 9.17) is 5.11 Å². The van der Waals surface area contributed by atoms with Crippen molar-refractivity contribution in [3.8, 4) is 11.1 Å². The van der Waals surface area contributed by atoms with Crippen molar-refractivity contribution in [2.24, 2.45) is 0 Å². The number of nitrogens with one attached hydrogen (secondary N) is 1. The average Bonchev–Trinajstić information content (AvgIpc) is 2.89. The van der Waals surface area contributed by atoms with Crippen molar-refractivity contribution in [3.63, 3.8) is 0 Å². The van der Waals surface area contributed by atoms with Crippen LogP contribution in [0.25, 0.3) is 11.1 Å². The molecule has 1 heterocycles. The quantitative estimate of drug-likeness (QED) is 0.640. The Balaban J connectivity index is 2.20. The highest BCUT2D eigenvalue weighted by Gasteiger charge is 2.10. The van der Waals surface area contributed by atoms with E-state index in [2.05, 4.69) is 4.98 Å². The maximum atomic E-state index is 10.6. The van der Waals surface area contributed by atoms with Crippen LogP contribution in [0.3, 0.4) is 0 Å². The second kappa shape index (κ2) is 5.67. The van der Waals surface area contributed by atoms with Crippen molar-refractivity contribution in [1.29, 1.82) is 0 Å². The first-order valence-electron chi connectivity index (χ1n) is 6.16. The van der Waals surface area contributed by atoms with Crippen LogP contribution < -0.4 is 0 Å². The molecular weight excluding hydrogens is 244 g/mol. The standard InChI is InChI=1S/C14H16N2O3/c1-10(6-7-17)14-8-12(9-15-14)11-2-4-13(5-3-11)16(18)19/h2-5,8-10,15,17H,6-7H2,1H3. The Morgan fingerprint density at radius 1 is 1.32 bits per heavy atom. The number of nitro benzene ring substituents is 1. The van der Waals surface area contributed by atoms with E-state index in [0.717, 1.165) is 16.8 Å². The molecule has 1 atom stereocenters. The van der Waals surface area contributed by atoms with Crippen molar-refractivity contribution in [2.45, 2.75) is 19.3 Å². The molecule has 1 aromatic heterocycles. The number of nitro groups is 1. The highest BCUT2D eigenvalue weighted by atomic mass is 16.6. The lowest BCUT2D eigenvalue weighted by molar-refractivity contribution is -0.384. The van der Waals surface area contributed by atoms with Gasteiger partial charge in [-0.2, -0.15) is 0 Å². The summed E-state index contributed by atoms with van der Waals surface area (Å²) in [4.78, 5) is 13.4. The lowest BCUT2D eigenvalue weighted by Crippen LogP contribution is -1.96. The molecule has 1 unspecified atom stereocenters. The fourth-order valence-electron chi connectivity index (χ4n) is 1.99. The smallest absolute Gasteiger partial charge is 0.269 e. The van der Waals surface area contributed by atoms with Crippen LogP contribution >= 0.6 is 0 Å². The van der Waals surface area contributed by atoms with Crippen LogP contribution in [-0.2, 0) is 0 Å². The summed E-state index contributed by atoms with van der Waals surface area (Å²) in [5.41, 5.74) is 3.08. The molecule has 0 aliphatic rings. The molecule has 0 spiro atoms. The summed E-state index contributed by atoms with van der Waals surface area (Å²) in [6.45, 7) is 2.20. The first-order valence-corrected chi connectivity index (χ1v) is 6.16. The van der Waals surface area contributed by atoms with Gasteiger partial charge in [-0.15, -0.1) is 0 Å². The Morgan fingerprint density at radius 3 is 2.58 bits per heavy atom. The predicted molar refractivity (Wildman–Crippen MR) is 73.0 cm³/mol. The van der Waals surface area contributed by atoms with Crippen LogP contribution in [-0.4, -0.2) is 21.6 Å².